The molecule has 3 aromatic rings. The minimum atomic E-state index is -0.687. The minimum absolute atomic E-state index is 0.297. The highest BCUT2D eigenvalue weighted by Crippen LogP contribution is 2.41. The van der Waals surface area contributed by atoms with E-state index in [0.717, 1.165) is 65.4 Å². The van der Waals surface area contributed by atoms with E-state index in [1.807, 2.05) is 26.0 Å². The first-order valence-corrected chi connectivity index (χ1v) is 13.3. The van der Waals surface area contributed by atoms with E-state index in [1.165, 1.54) is 36.1 Å². The molecule has 184 valence electrons. The van der Waals surface area contributed by atoms with Gasteiger partial charge in [0, 0.05) is 23.4 Å². The molecule has 6 nitrogen and oxygen atoms in total. The maximum Gasteiger partial charge on any atom is 0.303 e. The first kappa shape index (κ1) is 25.9. The van der Waals surface area contributed by atoms with Crippen LogP contribution in [0.1, 0.15) is 75.4 Å². The summed E-state index contributed by atoms with van der Waals surface area (Å²) >= 11 is 1.72. The number of fused-ring (bicyclic) bond motifs is 1. The van der Waals surface area contributed by atoms with Crippen molar-refractivity contribution >= 4 is 33.3 Å². The molecule has 34 heavy (non-hydrogen) atoms. The van der Waals surface area contributed by atoms with E-state index in [0.29, 0.717) is 13.0 Å². The van der Waals surface area contributed by atoms with Crippen LogP contribution >= 0.6 is 11.3 Å². The molecule has 0 atom stereocenters. The molecule has 0 amide bonds. The van der Waals surface area contributed by atoms with E-state index in [2.05, 4.69) is 24.4 Å². The van der Waals surface area contributed by atoms with Gasteiger partial charge in [-0.25, -0.2) is 9.97 Å². The van der Waals surface area contributed by atoms with Crippen molar-refractivity contribution in [3.05, 3.63) is 35.0 Å². The lowest BCUT2D eigenvalue weighted by atomic mass is 10.0. The van der Waals surface area contributed by atoms with Gasteiger partial charge in [-0.3, -0.25) is 4.79 Å². The Bertz CT molecular complexity index is 1060. The van der Waals surface area contributed by atoms with Gasteiger partial charge in [0.05, 0.1) is 12.0 Å². The number of hydrogen-bond acceptors (Lipinski definition) is 6. The number of aromatic nitrogens is 2. The lowest BCUT2D eigenvalue weighted by molar-refractivity contribution is -0.137. The van der Waals surface area contributed by atoms with Crippen LogP contribution in [0.25, 0.3) is 21.3 Å². The zero-order valence-electron chi connectivity index (χ0n) is 20.7. The van der Waals surface area contributed by atoms with Crippen molar-refractivity contribution in [1.29, 1.82) is 0 Å². The average molecular weight is 484 g/mol. The molecule has 2 aromatic heterocycles. The first-order valence-electron chi connectivity index (χ1n) is 12.5. The van der Waals surface area contributed by atoms with Gasteiger partial charge >= 0.3 is 5.97 Å². The van der Waals surface area contributed by atoms with Crippen LogP contribution in [-0.2, 0) is 4.79 Å². The van der Waals surface area contributed by atoms with Crippen LogP contribution in [0, 0.1) is 13.8 Å². The molecule has 0 aliphatic carbocycles. The van der Waals surface area contributed by atoms with Crippen molar-refractivity contribution in [3.63, 3.8) is 0 Å². The van der Waals surface area contributed by atoms with Crippen LogP contribution < -0.4 is 10.1 Å². The fourth-order valence-corrected chi connectivity index (χ4v) is 5.34. The number of ether oxygens (including phenoxy) is 1. The number of nitrogens with one attached hydrogen (secondary N) is 1. The van der Waals surface area contributed by atoms with Gasteiger partial charge in [0.1, 0.15) is 22.2 Å². The Morgan fingerprint density at radius 3 is 2.26 bits per heavy atom. The van der Waals surface area contributed by atoms with Crippen LogP contribution in [-0.4, -0.2) is 34.2 Å². The molecule has 0 unspecified atom stereocenters. The van der Waals surface area contributed by atoms with Gasteiger partial charge in [0.25, 0.3) is 0 Å². The summed E-state index contributed by atoms with van der Waals surface area (Å²) in [5.41, 5.74) is 2.36. The standard InChI is InChI=1S/C27H37N3O3S/c1-4-33-22-16-14-21(15-17-22)24-19(2)34-27-25(24)26(29-20(3)30-27)28-18-12-10-8-6-5-7-9-11-13-23(31)32/h14-17H,4-13,18H2,1-3H3,(H,31,32)(H,28,29,30). The first-order chi connectivity index (χ1) is 16.5. The Kier molecular flexibility index (Phi) is 10.1. The SMILES string of the molecule is CCOc1ccc(-c2c(C)sc3nc(C)nc(NCCCCCCCCCCC(=O)O)c23)cc1. The van der Waals surface area contributed by atoms with E-state index in [4.69, 9.17) is 19.8 Å². The topological polar surface area (TPSA) is 84.3 Å². The lowest BCUT2D eigenvalue weighted by Crippen LogP contribution is -2.05. The van der Waals surface area contributed by atoms with Gasteiger partial charge in [-0.15, -0.1) is 11.3 Å². The molecular weight excluding hydrogens is 446 g/mol. The summed E-state index contributed by atoms with van der Waals surface area (Å²) in [7, 11) is 0. The number of carbonyl (C=O) groups is 1. The van der Waals surface area contributed by atoms with Crippen molar-refractivity contribution in [2.45, 2.75) is 78.6 Å². The van der Waals surface area contributed by atoms with E-state index in [-0.39, 0.29) is 0 Å². The number of nitrogens with zero attached hydrogens (tertiary/aromatic N) is 2. The molecular formula is C27H37N3O3S. The summed E-state index contributed by atoms with van der Waals surface area (Å²) in [6.45, 7) is 7.65. The molecule has 0 radical (unpaired) electrons. The van der Waals surface area contributed by atoms with Crippen LogP contribution in [0.2, 0.25) is 0 Å². The maximum atomic E-state index is 10.5. The number of carboxylic acid groups (broad SMARTS) is 1. The summed E-state index contributed by atoms with van der Waals surface area (Å²) in [6.07, 6.45) is 9.16. The fourth-order valence-electron chi connectivity index (χ4n) is 4.25. The number of thiophene rings is 1. The number of hydrogen-bond donors (Lipinski definition) is 2. The molecule has 1 aromatic carbocycles. The summed E-state index contributed by atoms with van der Waals surface area (Å²) in [5.74, 6) is 1.91. The molecule has 2 heterocycles. The second kappa shape index (κ2) is 13.3. The van der Waals surface area contributed by atoms with Crippen molar-refractivity contribution in [1.82, 2.24) is 9.97 Å². The Morgan fingerprint density at radius 2 is 1.62 bits per heavy atom. The minimum Gasteiger partial charge on any atom is -0.494 e. The second-order valence-electron chi connectivity index (χ2n) is 8.69. The van der Waals surface area contributed by atoms with Crippen LogP contribution in [0.3, 0.4) is 0 Å². The van der Waals surface area contributed by atoms with Crippen LogP contribution in [0.5, 0.6) is 5.75 Å². The Morgan fingerprint density at radius 1 is 0.971 bits per heavy atom. The highest BCUT2D eigenvalue weighted by atomic mass is 32.1. The molecule has 0 aliphatic rings. The third kappa shape index (κ3) is 7.42. The fraction of sp³-hybridized carbons (Fsp3) is 0.519. The highest BCUT2D eigenvalue weighted by Gasteiger charge is 2.17. The molecule has 0 saturated heterocycles. The number of carboxylic acids is 1. The molecule has 0 aliphatic heterocycles. The molecule has 2 N–H and O–H groups in total. The van der Waals surface area contributed by atoms with Gasteiger partial charge in [-0.1, -0.05) is 50.7 Å². The van der Waals surface area contributed by atoms with Crippen molar-refractivity contribution in [3.8, 4) is 16.9 Å². The van der Waals surface area contributed by atoms with Gasteiger partial charge in [0.15, 0.2) is 0 Å². The van der Waals surface area contributed by atoms with Gasteiger partial charge in [-0.2, -0.15) is 0 Å². The Hall–Kier alpha value is -2.67. The molecule has 0 bridgehead atoms. The summed E-state index contributed by atoms with van der Waals surface area (Å²) < 4.78 is 5.61. The molecule has 0 fully saturated rings. The van der Waals surface area contributed by atoms with E-state index in [1.54, 1.807) is 11.3 Å². The van der Waals surface area contributed by atoms with Crippen molar-refractivity contribution in [2.75, 3.05) is 18.5 Å². The van der Waals surface area contributed by atoms with Gasteiger partial charge < -0.3 is 15.2 Å². The number of unbranched alkanes of at least 4 members (excludes halogenated alkanes) is 7. The third-order valence-electron chi connectivity index (χ3n) is 5.90. The van der Waals surface area contributed by atoms with Crippen molar-refractivity contribution < 1.29 is 14.6 Å². The Balaban J connectivity index is 1.55. The van der Waals surface area contributed by atoms with Crippen LogP contribution in [0.4, 0.5) is 5.82 Å². The summed E-state index contributed by atoms with van der Waals surface area (Å²) in [4.78, 5) is 22.3. The molecule has 0 saturated carbocycles. The normalized spacial score (nSPS) is 11.1. The van der Waals surface area contributed by atoms with E-state index in [9.17, 15) is 4.79 Å². The summed E-state index contributed by atoms with van der Waals surface area (Å²) in [6, 6.07) is 8.28. The molecule has 3 rings (SSSR count). The van der Waals surface area contributed by atoms with E-state index < -0.39 is 5.97 Å². The number of benzene rings is 1. The average Bonchev–Trinajstić information content (AvgIpc) is 3.13. The molecule has 7 heteroatoms. The lowest BCUT2D eigenvalue weighted by Gasteiger charge is -2.11. The zero-order valence-corrected chi connectivity index (χ0v) is 21.5. The number of aryl methyl sites for hydroxylation is 2. The quantitative estimate of drug-likeness (QED) is 0.219. The smallest absolute Gasteiger partial charge is 0.303 e. The largest absolute Gasteiger partial charge is 0.494 e. The van der Waals surface area contributed by atoms with Gasteiger partial charge in [-0.05, 0) is 51.3 Å². The van der Waals surface area contributed by atoms with Crippen molar-refractivity contribution in [2.24, 2.45) is 0 Å². The van der Waals surface area contributed by atoms with Crippen LogP contribution in [0.15, 0.2) is 24.3 Å². The number of anilines is 1. The van der Waals surface area contributed by atoms with Gasteiger partial charge in [0.2, 0.25) is 0 Å². The predicted molar refractivity (Wildman–Crippen MR) is 141 cm³/mol. The maximum absolute atomic E-state index is 10.5. The number of aliphatic carboxylic acids is 1. The highest BCUT2D eigenvalue weighted by molar-refractivity contribution is 7.19. The molecule has 0 spiro atoms. The third-order valence-corrected chi connectivity index (χ3v) is 6.90. The summed E-state index contributed by atoms with van der Waals surface area (Å²) in [5, 5.41) is 13.4. The monoisotopic (exact) mass is 483 g/mol. The predicted octanol–water partition coefficient (Wildman–Crippen LogP) is 7.38. The zero-order chi connectivity index (χ0) is 24.3. The number of rotatable bonds is 15. The van der Waals surface area contributed by atoms with E-state index >= 15 is 0 Å². The second-order valence-corrected chi connectivity index (χ2v) is 9.89. The Labute approximate surface area is 206 Å².